The lowest BCUT2D eigenvalue weighted by Gasteiger charge is -2.38. The first kappa shape index (κ1) is 14.8. The number of likely N-dealkylation sites (N-methyl/N-ethyl adjacent to an activating group) is 1. The van der Waals surface area contributed by atoms with Crippen molar-refractivity contribution in [1.82, 2.24) is 9.80 Å². The molecule has 2 aliphatic heterocycles. The van der Waals surface area contributed by atoms with E-state index in [1.54, 1.807) is 0 Å². The highest BCUT2D eigenvalue weighted by atomic mass is 16.5. The van der Waals surface area contributed by atoms with Gasteiger partial charge in [0.15, 0.2) is 0 Å². The van der Waals surface area contributed by atoms with Crippen molar-refractivity contribution in [2.24, 2.45) is 5.41 Å². The summed E-state index contributed by atoms with van der Waals surface area (Å²) in [7, 11) is 4.15. The Morgan fingerprint density at radius 3 is 2.84 bits per heavy atom. The van der Waals surface area contributed by atoms with Gasteiger partial charge in [-0.2, -0.15) is 0 Å². The van der Waals surface area contributed by atoms with Gasteiger partial charge in [-0.3, -0.25) is 9.69 Å². The Morgan fingerprint density at radius 1 is 1.47 bits per heavy atom. The van der Waals surface area contributed by atoms with Crippen molar-refractivity contribution >= 4 is 5.97 Å². The molecule has 110 valence electrons. The third-order valence-corrected chi connectivity index (χ3v) is 4.36. The topological polar surface area (TPSA) is 53.0 Å². The van der Waals surface area contributed by atoms with Crippen molar-refractivity contribution in [3.8, 4) is 0 Å². The van der Waals surface area contributed by atoms with Crippen molar-refractivity contribution in [2.45, 2.75) is 31.7 Å². The second-order valence-corrected chi connectivity index (χ2v) is 6.27. The fourth-order valence-electron chi connectivity index (χ4n) is 3.33. The molecule has 2 unspecified atom stereocenters. The molecule has 2 aliphatic rings. The predicted octanol–water partition coefficient (Wildman–Crippen LogP) is 0.894. The quantitative estimate of drug-likeness (QED) is 0.804. The molecule has 5 heteroatoms. The minimum atomic E-state index is -0.692. The number of nitrogens with zero attached hydrogens (tertiary/aromatic N) is 2. The van der Waals surface area contributed by atoms with E-state index in [-0.39, 0.29) is 0 Å². The van der Waals surface area contributed by atoms with Gasteiger partial charge in [0.1, 0.15) is 5.41 Å². The highest BCUT2D eigenvalue weighted by Crippen LogP contribution is 2.32. The molecular formula is C14H26N2O3. The first-order chi connectivity index (χ1) is 9.03. The normalized spacial score (nSPS) is 32.9. The Labute approximate surface area is 115 Å². The molecule has 2 heterocycles. The molecule has 0 radical (unpaired) electrons. The van der Waals surface area contributed by atoms with Gasteiger partial charge in [0.05, 0.1) is 6.61 Å². The number of hydrogen-bond donors (Lipinski definition) is 1. The van der Waals surface area contributed by atoms with Gasteiger partial charge >= 0.3 is 5.97 Å². The molecule has 0 bridgehead atoms. The zero-order valence-electron chi connectivity index (χ0n) is 12.1. The smallest absolute Gasteiger partial charge is 0.313 e. The maximum Gasteiger partial charge on any atom is 0.313 e. The fourth-order valence-corrected chi connectivity index (χ4v) is 3.33. The number of carboxylic acids is 1. The van der Waals surface area contributed by atoms with E-state index in [4.69, 9.17) is 4.74 Å². The molecule has 1 N–H and O–H groups in total. The van der Waals surface area contributed by atoms with E-state index in [1.165, 1.54) is 12.8 Å². The van der Waals surface area contributed by atoms with Crippen LogP contribution in [0.5, 0.6) is 0 Å². The minimum absolute atomic E-state index is 0.369. The number of likely N-dealkylation sites (tertiary alicyclic amines) is 1. The van der Waals surface area contributed by atoms with Crippen LogP contribution in [0, 0.1) is 5.41 Å². The summed E-state index contributed by atoms with van der Waals surface area (Å²) in [6.07, 6.45) is 3.95. The molecule has 0 spiro atoms. The van der Waals surface area contributed by atoms with Gasteiger partial charge in [-0.25, -0.2) is 0 Å². The number of ether oxygens (including phenoxy) is 1. The molecule has 0 saturated carbocycles. The highest BCUT2D eigenvalue weighted by Gasteiger charge is 2.43. The van der Waals surface area contributed by atoms with Gasteiger partial charge in [-0.15, -0.1) is 0 Å². The minimum Gasteiger partial charge on any atom is -0.481 e. The largest absolute Gasteiger partial charge is 0.481 e. The Kier molecular flexibility index (Phi) is 4.81. The summed E-state index contributed by atoms with van der Waals surface area (Å²) in [6, 6.07) is 0.494. The molecule has 2 fully saturated rings. The van der Waals surface area contributed by atoms with Crippen LogP contribution in [0.1, 0.15) is 25.7 Å². The lowest BCUT2D eigenvalue weighted by Crippen LogP contribution is -2.51. The summed E-state index contributed by atoms with van der Waals surface area (Å²) in [6.45, 7) is 3.74. The van der Waals surface area contributed by atoms with Crippen molar-refractivity contribution in [3.05, 3.63) is 0 Å². The SMILES string of the molecule is CN(C)CC1CCCN1CC1(C(=O)O)CCCOC1. The molecule has 0 amide bonds. The van der Waals surface area contributed by atoms with Crippen LogP contribution in [0.15, 0.2) is 0 Å². The van der Waals surface area contributed by atoms with Crippen LogP contribution in [0.4, 0.5) is 0 Å². The van der Waals surface area contributed by atoms with Gasteiger partial charge < -0.3 is 14.7 Å². The number of aliphatic carboxylic acids is 1. The van der Waals surface area contributed by atoms with Crippen LogP contribution >= 0.6 is 0 Å². The second-order valence-electron chi connectivity index (χ2n) is 6.27. The lowest BCUT2D eigenvalue weighted by atomic mass is 9.82. The summed E-state index contributed by atoms with van der Waals surface area (Å²) in [5.74, 6) is -0.692. The van der Waals surface area contributed by atoms with Gasteiger partial charge in [0.25, 0.3) is 0 Å². The molecule has 0 aromatic carbocycles. The Hall–Kier alpha value is -0.650. The number of hydrogen-bond acceptors (Lipinski definition) is 4. The third kappa shape index (κ3) is 3.46. The average molecular weight is 270 g/mol. The van der Waals surface area contributed by atoms with E-state index in [1.807, 2.05) is 0 Å². The van der Waals surface area contributed by atoms with Gasteiger partial charge in [0.2, 0.25) is 0 Å². The summed E-state index contributed by atoms with van der Waals surface area (Å²) in [5.41, 5.74) is -0.687. The molecular weight excluding hydrogens is 244 g/mol. The average Bonchev–Trinajstić information content (AvgIpc) is 2.76. The van der Waals surface area contributed by atoms with E-state index in [2.05, 4.69) is 23.9 Å². The van der Waals surface area contributed by atoms with Crippen molar-refractivity contribution in [1.29, 1.82) is 0 Å². The van der Waals surface area contributed by atoms with Crippen LogP contribution in [-0.4, -0.2) is 73.9 Å². The third-order valence-electron chi connectivity index (χ3n) is 4.36. The summed E-state index contributed by atoms with van der Waals surface area (Å²) >= 11 is 0. The van der Waals surface area contributed by atoms with Crippen LogP contribution in [-0.2, 0) is 9.53 Å². The van der Waals surface area contributed by atoms with E-state index in [0.29, 0.717) is 25.8 Å². The van der Waals surface area contributed by atoms with E-state index >= 15 is 0 Å². The van der Waals surface area contributed by atoms with E-state index in [9.17, 15) is 9.90 Å². The van der Waals surface area contributed by atoms with Gasteiger partial charge in [0, 0.05) is 25.7 Å². The summed E-state index contributed by atoms with van der Waals surface area (Å²) in [4.78, 5) is 16.2. The van der Waals surface area contributed by atoms with Crippen LogP contribution in [0.2, 0.25) is 0 Å². The highest BCUT2D eigenvalue weighted by molar-refractivity contribution is 5.75. The molecule has 0 aromatic heterocycles. The maximum absolute atomic E-state index is 11.7. The molecule has 0 aliphatic carbocycles. The van der Waals surface area contributed by atoms with Gasteiger partial charge in [-0.05, 0) is 46.3 Å². The number of carbonyl (C=O) groups is 1. The number of rotatable bonds is 5. The standard InChI is InChI=1S/C14H26N2O3/c1-15(2)9-12-5-3-7-16(12)10-14(13(17)18)6-4-8-19-11-14/h12H,3-11H2,1-2H3,(H,17,18). The van der Waals surface area contributed by atoms with Crippen molar-refractivity contribution in [3.63, 3.8) is 0 Å². The Balaban J connectivity index is 2.02. The molecule has 2 atom stereocenters. The molecule has 19 heavy (non-hydrogen) atoms. The van der Waals surface area contributed by atoms with Crippen LogP contribution in [0.3, 0.4) is 0 Å². The van der Waals surface area contributed by atoms with Gasteiger partial charge in [-0.1, -0.05) is 0 Å². The maximum atomic E-state index is 11.7. The zero-order chi connectivity index (χ0) is 13.9. The molecule has 5 nitrogen and oxygen atoms in total. The van der Waals surface area contributed by atoms with E-state index < -0.39 is 11.4 Å². The monoisotopic (exact) mass is 270 g/mol. The summed E-state index contributed by atoms with van der Waals surface area (Å²) < 4.78 is 5.46. The van der Waals surface area contributed by atoms with Crippen LogP contribution < -0.4 is 0 Å². The lowest BCUT2D eigenvalue weighted by molar-refractivity contribution is -0.159. The second kappa shape index (κ2) is 6.20. The number of carboxylic acid groups (broad SMARTS) is 1. The Bertz CT molecular complexity index is 314. The summed E-state index contributed by atoms with van der Waals surface area (Å²) in [5, 5.41) is 9.60. The Morgan fingerprint density at radius 2 is 2.26 bits per heavy atom. The van der Waals surface area contributed by atoms with E-state index in [0.717, 1.165) is 25.9 Å². The van der Waals surface area contributed by atoms with Crippen molar-refractivity contribution in [2.75, 3.05) is 46.9 Å². The fraction of sp³-hybridized carbons (Fsp3) is 0.929. The molecule has 2 saturated heterocycles. The first-order valence-electron chi connectivity index (χ1n) is 7.23. The predicted molar refractivity (Wildman–Crippen MR) is 73.3 cm³/mol. The van der Waals surface area contributed by atoms with Crippen LogP contribution in [0.25, 0.3) is 0 Å². The molecule has 0 aromatic rings. The molecule has 2 rings (SSSR count). The zero-order valence-corrected chi connectivity index (χ0v) is 12.1. The van der Waals surface area contributed by atoms with Crippen molar-refractivity contribution < 1.29 is 14.6 Å². The first-order valence-corrected chi connectivity index (χ1v) is 7.23.